The zero-order valence-electron chi connectivity index (χ0n) is 16.2. The summed E-state index contributed by atoms with van der Waals surface area (Å²) in [4.78, 5) is 12.5. The lowest BCUT2D eigenvalue weighted by Gasteiger charge is -2.13. The lowest BCUT2D eigenvalue weighted by atomic mass is 10.1. The van der Waals surface area contributed by atoms with Crippen LogP contribution >= 0.6 is 0 Å². The van der Waals surface area contributed by atoms with Gasteiger partial charge in [-0.25, -0.2) is 0 Å². The minimum Gasteiger partial charge on any atom is -0.467 e. The van der Waals surface area contributed by atoms with E-state index in [9.17, 15) is 23.2 Å². The summed E-state index contributed by atoms with van der Waals surface area (Å²) in [6.07, 6.45) is -1.69. The molecule has 0 saturated carbocycles. The minimum atomic E-state index is -4.63. The van der Waals surface area contributed by atoms with E-state index in [-0.39, 0.29) is 5.57 Å². The van der Waals surface area contributed by atoms with Crippen molar-refractivity contribution in [2.45, 2.75) is 26.6 Å². The second-order valence-electron chi connectivity index (χ2n) is 6.66. The molecule has 0 aliphatic carbocycles. The number of alkyl halides is 3. The molecule has 3 aromatic rings. The molecule has 0 aliphatic rings. The van der Waals surface area contributed by atoms with Crippen molar-refractivity contribution >= 4 is 17.7 Å². The standard InChI is InChI=1S/C22H18F3N3O2/c1-14-10-16(15(2)28(14)13-18-6-5-9-30-18)11-17(12-26)21(29)27-20-8-4-3-7-19(20)22(23,24)25/h3-11H,13H2,1-2H3,(H,27,29)/b17-11+. The number of halogens is 3. The van der Waals surface area contributed by atoms with Gasteiger partial charge in [0.1, 0.15) is 17.4 Å². The molecule has 1 amide bonds. The molecule has 0 bridgehead atoms. The van der Waals surface area contributed by atoms with E-state index in [1.165, 1.54) is 18.2 Å². The van der Waals surface area contributed by atoms with E-state index in [0.29, 0.717) is 12.1 Å². The lowest BCUT2D eigenvalue weighted by Crippen LogP contribution is -2.17. The van der Waals surface area contributed by atoms with Crippen LogP contribution in [0.1, 0.15) is 28.3 Å². The van der Waals surface area contributed by atoms with Crippen LogP contribution in [0.3, 0.4) is 0 Å². The second kappa shape index (κ2) is 8.33. The first-order valence-electron chi connectivity index (χ1n) is 8.99. The van der Waals surface area contributed by atoms with Gasteiger partial charge in [-0.3, -0.25) is 4.79 Å². The molecular formula is C22H18F3N3O2. The number of hydrogen-bond acceptors (Lipinski definition) is 3. The number of aryl methyl sites for hydroxylation is 1. The van der Waals surface area contributed by atoms with Gasteiger partial charge < -0.3 is 14.3 Å². The Morgan fingerprint density at radius 1 is 1.23 bits per heavy atom. The van der Waals surface area contributed by atoms with Crippen LogP contribution in [0.4, 0.5) is 18.9 Å². The molecule has 2 aromatic heterocycles. The fourth-order valence-corrected chi connectivity index (χ4v) is 3.11. The van der Waals surface area contributed by atoms with E-state index in [4.69, 9.17) is 4.42 Å². The number of carbonyl (C=O) groups excluding carboxylic acids is 1. The number of rotatable bonds is 5. The number of amides is 1. The van der Waals surface area contributed by atoms with Crippen molar-refractivity contribution in [3.63, 3.8) is 0 Å². The fraction of sp³-hybridized carbons (Fsp3) is 0.182. The first kappa shape index (κ1) is 21.0. The number of benzene rings is 1. The van der Waals surface area contributed by atoms with Gasteiger partial charge in [0, 0.05) is 11.4 Å². The van der Waals surface area contributed by atoms with Crippen LogP contribution in [0, 0.1) is 25.2 Å². The molecule has 2 heterocycles. The van der Waals surface area contributed by atoms with E-state index < -0.39 is 23.3 Å². The van der Waals surface area contributed by atoms with Crippen LogP contribution in [-0.4, -0.2) is 10.5 Å². The predicted molar refractivity (Wildman–Crippen MR) is 105 cm³/mol. The van der Waals surface area contributed by atoms with Gasteiger partial charge in [-0.05, 0) is 55.8 Å². The first-order valence-corrected chi connectivity index (χ1v) is 8.99. The number of anilines is 1. The van der Waals surface area contributed by atoms with Gasteiger partial charge in [0.2, 0.25) is 0 Å². The highest BCUT2D eigenvalue weighted by molar-refractivity contribution is 6.10. The molecule has 0 radical (unpaired) electrons. The summed E-state index contributed by atoms with van der Waals surface area (Å²) in [6.45, 7) is 4.18. The third kappa shape index (κ3) is 4.46. The van der Waals surface area contributed by atoms with Gasteiger partial charge in [-0.2, -0.15) is 18.4 Å². The molecule has 0 spiro atoms. The maximum Gasteiger partial charge on any atom is 0.418 e. The number of furan rings is 1. The topological polar surface area (TPSA) is 71.0 Å². The molecule has 8 heteroatoms. The Balaban J connectivity index is 1.88. The fourth-order valence-electron chi connectivity index (χ4n) is 3.11. The van der Waals surface area contributed by atoms with Crippen molar-refractivity contribution in [1.82, 2.24) is 4.57 Å². The van der Waals surface area contributed by atoms with Crippen LogP contribution in [0.2, 0.25) is 0 Å². The van der Waals surface area contributed by atoms with Crippen molar-refractivity contribution in [1.29, 1.82) is 5.26 Å². The molecular weight excluding hydrogens is 395 g/mol. The van der Waals surface area contributed by atoms with Gasteiger partial charge in [0.05, 0.1) is 24.1 Å². The molecule has 0 aliphatic heterocycles. The van der Waals surface area contributed by atoms with Crippen molar-refractivity contribution in [2.75, 3.05) is 5.32 Å². The molecule has 0 fully saturated rings. The van der Waals surface area contributed by atoms with Gasteiger partial charge in [-0.1, -0.05) is 12.1 Å². The van der Waals surface area contributed by atoms with Crippen LogP contribution in [0.15, 0.2) is 58.7 Å². The Bertz CT molecular complexity index is 1130. The third-order valence-electron chi connectivity index (χ3n) is 4.65. The number of nitrogens with zero attached hydrogens (tertiary/aromatic N) is 2. The molecule has 0 unspecified atom stereocenters. The molecule has 5 nitrogen and oxygen atoms in total. The average Bonchev–Trinajstić information content (AvgIpc) is 3.29. The van der Waals surface area contributed by atoms with E-state index in [0.717, 1.165) is 29.3 Å². The van der Waals surface area contributed by atoms with Gasteiger partial charge >= 0.3 is 6.18 Å². The Hall–Kier alpha value is -3.73. The van der Waals surface area contributed by atoms with E-state index in [2.05, 4.69) is 5.32 Å². The number of hydrogen-bond donors (Lipinski definition) is 1. The summed E-state index contributed by atoms with van der Waals surface area (Å²) in [5.74, 6) is -0.167. The number of aromatic nitrogens is 1. The zero-order chi connectivity index (χ0) is 21.9. The summed E-state index contributed by atoms with van der Waals surface area (Å²) < 4.78 is 46.7. The Kier molecular flexibility index (Phi) is 5.83. The predicted octanol–water partition coefficient (Wildman–Crippen LogP) is 5.31. The molecule has 1 aromatic carbocycles. The Morgan fingerprint density at radius 3 is 2.60 bits per heavy atom. The van der Waals surface area contributed by atoms with E-state index >= 15 is 0 Å². The Morgan fingerprint density at radius 2 is 1.97 bits per heavy atom. The number of para-hydroxylation sites is 1. The van der Waals surface area contributed by atoms with E-state index in [1.807, 2.05) is 24.5 Å². The largest absolute Gasteiger partial charge is 0.467 e. The molecule has 3 rings (SSSR count). The van der Waals surface area contributed by atoms with Crippen LogP contribution in [-0.2, 0) is 17.5 Å². The van der Waals surface area contributed by atoms with E-state index in [1.54, 1.807) is 24.5 Å². The highest BCUT2D eigenvalue weighted by Gasteiger charge is 2.33. The smallest absolute Gasteiger partial charge is 0.418 e. The number of nitrogens with one attached hydrogen (secondary N) is 1. The number of carbonyl (C=O) groups is 1. The third-order valence-corrected chi connectivity index (χ3v) is 4.65. The Labute approximate surface area is 171 Å². The van der Waals surface area contributed by atoms with Crippen LogP contribution < -0.4 is 5.32 Å². The van der Waals surface area contributed by atoms with Crippen molar-refractivity contribution in [3.05, 3.63) is 82.6 Å². The lowest BCUT2D eigenvalue weighted by molar-refractivity contribution is -0.137. The average molecular weight is 413 g/mol. The van der Waals surface area contributed by atoms with Crippen LogP contribution in [0.5, 0.6) is 0 Å². The van der Waals surface area contributed by atoms with Crippen LogP contribution in [0.25, 0.3) is 6.08 Å². The molecule has 154 valence electrons. The highest BCUT2D eigenvalue weighted by atomic mass is 19.4. The first-order chi connectivity index (χ1) is 14.2. The highest BCUT2D eigenvalue weighted by Crippen LogP contribution is 2.34. The summed E-state index contributed by atoms with van der Waals surface area (Å²) in [7, 11) is 0. The SMILES string of the molecule is Cc1cc(/C=C(\C#N)C(=O)Nc2ccccc2C(F)(F)F)c(C)n1Cc1ccco1. The van der Waals surface area contributed by atoms with Crippen molar-refractivity contribution < 1.29 is 22.4 Å². The summed E-state index contributed by atoms with van der Waals surface area (Å²) in [5, 5.41) is 11.6. The van der Waals surface area contributed by atoms with Gasteiger partial charge in [-0.15, -0.1) is 0 Å². The summed E-state index contributed by atoms with van der Waals surface area (Å²) in [6, 6.07) is 11.8. The summed E-state index contributed by atoms with van der Waals surface area (Å²) in [5.41, 5.74) is 0.613. The molecule has 30 heavy (non-hydrogen) atoms. The monoisotopic (exact) mass is 413 g/mol. The molecule has 0 atom stereocenters. The minimum absolute atomic E-state index is 0.301. The summed E-state index contributed by atoms with van der Waals surface area (Å²) >= 11 is 0. The van der Waals surface area contributed by atoms with Gasteiger partial charge in [0.15, 0.2) is 0 Å². The normalized spacial score (nSPS) is 11.9. The van der Waals surface area contributed by atoms with Gasteiger partial charge in [0.25, 0.3) is 5.91 Å². The second-order valence-corrected chi connectivity index (χ2v) is 6.66. The maximum atomic E-state index is 13.1. The van der Waals surface area contributed by atoms with Crippen molar-refractivity contribution in [2.24, 2.45) is 0 Å². The molecule has 1 N–H and O–H groups in total. The number of nitriles is 1. The van der Waals surface area contributed by atoms with Crippen molar-refractivity contribution in [3.8, 4) is 6.07 Å². The molecule has 0 saturated heterocycles. The quantitative estimate of drug-likeness (QED) is 0.455. The zero-order valence-corrected chi connectivity index (χ0v) is 16.2. The maximum absolute atomic E-state index is 13.1.